The quantitative estimate of drug-likeness (QED) is 0.412. The third-order valence-corrected chi connectivity index (χ3v) is 4.68. The molecule has 0 atom stereocenters. The van der Waals surface area contributed by atoms with Gasteiger partial charge in [0.2, 0.25) is 0 Å². The average Bonchev–Trinajstić information content (AvgIpc) is 2.72. The summed E-state index contributed by atoms with van der Waals surface area (Å²) in [4.78, 5) is 12.1. The van der Waals surface area contributed by atoms with Crippen molar-refractivity contribution in [3.8, 4) is 0 Å². The first kappa shape index (κ1) is 20.3. The van der Waals surface area contributed by atoms with Crippen LogP contribution in [-0.4, -0.2) is 18.7 Å². The fourth-order valence-corrected chi connectivity index (χ4v) is 3.08. The van der Waals surface area contributed by atoms with Crippen LogP contribution in [0.4, 0.5) is 5.69 Å². The lowest BCUT2D eigenvalue weighted by atomic mass is 10.0. The van der Waals surface area contributed by atoms with Crippen molar-refractivity contribution in [2.24, 2.45) is 5.10 Å². The Balaban J connectivity index is 1.52. The molecule has 4 nitrogen and oxygen atoms in total. The van der Waals surface area contributed by atoms with Gasteiger partial charge in [-0.25, -0.2) is 5.43 Å². The molecule has 0 fully saturated rings. The van der Waals surface area contributed by atoms with E-state index in [9.17, 15) is 4.79 Å². The number of hydrogen-bond acceptors (Lipinski definition) is 3. The molecular weight excluding hydrogens is 358 g/mol. The summed E-state index contributed by atoms with van der Waals surface area (Å²) in [5.74, 6) is 0.330. The lowest BCUT2D eigenvalue weighted by Crippen LogP contribution is -2.25. The van der Waals surface area contributed by atoms with Gasteiger partial charge in [0, 0.05) is 11.1 Å². The molecule has 0 aliphatic rings. The van der Waals surface area contributed by atoms with Crippen LogP contribution >= 0.6 is 0 Å². The van der Waals surface area contributed by atoms with Crippen LogP contribution in [0, 0.1) is 0 Å². The lowest BCUT2D eigenvalue weighted by molar-refractivity contribution is -0.119. The Kier molecular flexibility index (Phi) is 6.80. The Labute approximate surface area is 172 Å². The highest BCUT2D eigenvalue weighted by Gasteiger charge is 2.03. The van der Waals surface area contributed by atoms with E-state index in [0.717, 1.165) is 27.6 Å². The van der Waals surface area contributed by atoms with Gasteiger partial charge in [-0.15, -0.1) is 0 Å². The number of benzene rings is 3. The third kappa shape index (κ3) is 5.79. The van der Waals surface area contributed by atoms with Crippen LogP contribution in [0.15, 0.2) is 77.4 Å². The van der Waals surface area contributed by atoms with Crippen molar-refractivity contribution in [2.45, 2.75) is 26.7 Å². The maximum Gasteiger partial charge on any atom is 0.259 e. The van der Waals surface area contributed by atoms with Crippen LogP contribution < -0.4 is 10.7 Å². The highest BCUT2D eigenvalue weighted by atomic mass is 16.2. The van der Waals surface area contributed by atoms with E-state index >= 15 is 0 Å². The second-order valence-corrected chi connectivity index (χ2v) is 7.38. The van der Waals surface area contributed by atoms with E-state index in [1.807, 2.05) is 43.3 Å². The number of hydrogen-bond donors (Lipinski definition) is 2. The molecular formula is C25H27N3O. The van der Waals surface area contributed by atoms with Crippen LogP contribution in [0.25, 0.3) is 16.8 Å². The molecule has 3 aromatic carbocycles. The molecule has 0 radical (unpaired) electrons. The van der Waals surface area contributed by atoms with E-state index in [2.05, 4.69) is 66.1 Å². The molecule has 0 aliphatic carbocycles. The Hall–Kier alpha value is -3.40. The minimum atomic E-state index is -0.191. The maximum absolute atomic E-state index is 12.1. The number of carbonyl (C=O) groups is 1. The smallest absolute Gasteiger partial charge is 0.259 e. The minimum Gasteiger partial charge on any atom is -0.376 e. The lowest BCUT2D eigenvalue weighted by Gasteiger charge is -2.08. The van der Waals surface area contributed by atoms with Crippen LogP contribution in [-0.2, 0) is 4.79 Å². The molecule has 29 heavy (non-hydrogen) atoms. The molecule has 3 aromatic rings. The number of hydrazone groups is 1. The number of rotatable bonds is 7. The number of allylic oxidation sites excluding steroid dienone is 1. The summed E-state index contributed by atoms with van der Waals surface area (Å²) in [5, 5.41) is 9.46. The van der Waals surface area contributed by atoms with Crippen molar-refractivity contribution in [1.29, 1.82) is 0 Å². The summed E-state index contributed by atoms with van der Waals surface area (Å²) in [6.45, 7) is 6.48. The predicted molar refractivity (Wildman–Crippen MR) is 123 cm³/mol. The van der Waals surface area contributed by atoms with Crippen molar-refractivity contribution < 1.29 is 4.79 Å². The molecule has 0 unspecified atom stereocenters. The molecule has 0 heterocycles. The molecule has 0 aliphatic heterocycles. The van der Waals surface area contributed by atoms with E-state index in [-0.39, 0.29) is 12.5 Å². The van der Waals surface area contributed by atoms with Crippen LogP contribution in [0.1, 0.15) is 37.8 Å². The van der Waals surface area contributed by atoms with Crippen molar-refractivity contribution in [3.05, 3.63) is 83.4 Å². The number of carbonyl (C=O) groups excluding carboxylic acids is 1. The number of anilines is 1. The second-order valence-electron chi connectivity index (χ2n) is 7.38. The van der Waals surface area contributed by atoms with E-state index < -0.39 is 0 Å². The largest absolute Gasteiger partial charge is 0.376 e. The van der Waals surface area contributed by atoms with Gasteiger partial charge >= 0.3 is 0 Å². The SMILES string of the molecule is CC(C=NNC(=O)CNc1cccc2ccccc12)=Cc1ccc(C(C)C)cc1. The van der Waals surface area contributed by atoms with Gasteiger partial charge in [0.15, 0.2) is 0 Å². The van der Waals surface area contributed by atoms with Crippen molar-refractivity contribution in [3.63, 3.8) is 0 Å². The van der Waals surface area contributed by atoms with Crippen molar-refractivity contribution >= 4 is 34.7 Å². The van der Waals surface area contributed by atoms with Gasteiger partial charge in [-0.1, -0.05) is 80.6 Å². The Morgan fingerprint density at radius 2 is 1.72 bits per heavy atom. The summed E-state index contributed by atoms with van der Waals surface area (Å²) in [6, 6.07) is 22.6. The van der Waals surface area contributed by atoms with Crippen LogP contribution in [0.5, 0.6) is 0 Å². The molecule has 4 heteroatoms. The zero-order chi connectivity index (χ0) is 20.6. The number of nitrogens with zero attached hydrogens (tertiary/aromatic N) is 1. The molecule has 0 saturated carbocycles. The predicted octanol–water partition coefficient (Wildman–Crippen LogP) is 5.58. The summed E-state index contributed by atoms with van der Waals surface area (Å²) < 4.78 is 0. The topological polar surface area (TPSA) is 53.5 Å². The molecule has 1 amide bonds. The summed E-state index contributed by atoms with van der Waals surface area (Å²) in [6.07, 6.45) is 3.69. The Bertz CT molecular complexity index is 1030. The zero-order valence-corrected chi connectivity index (χ0v) is 17.1. The summed E-state index contributed by atoms with van der Waals surface area (Å²) in [7, 11) is 0. The van der Waals surface area contributed by atoms with Crippen LogP contribution in [0.2, 0.25) is 0 Å². The first-order valence-corrected chi connectivity index (χ1v) is 9.85. The van der Waals surface area contributed by atoms with Crippen molar-refractivity contribution in [2.75, 3.05) is 11.9 Å². The normalized spacial score (nSPS) is 11.9. The molecule has 0 spiro atoms. The monoisotopic (exact) mass is 385 g/mol. The van der Waals surface area contributed by atoms with E-state index in [1.54, 1.807) is 6.21 Å². The maximum atomic E-state index is 12.1. The molecule has 0 bridgehead atoms. The van der Waals surface area contributed by atoms with Gasteiger partial charge in [0.25, 0.3) is 5.91 Å². The highest BCUT2D eigenvalue weighted by Crippen LogP contribution is 2.22. The number of amides is 1. The van der Waals surface area contributed by atoms with Gasteiger partial charge in [-0.2, -0.15) is 5.10 Å². The molecule has 3 rings (SSSR count). The number of nitrogens with one attached hydrogen (secondary N) is 2. The summed E-state index contributed by atoms with van der Waals surface area (Å²) >= 11 is 0. The third-order valence-electron chi connectivity index (χ3n) is 4.68. The molecule has 2 N–H and O–H groups in total. The van der Waals surface area contributed by atoms with E-state index in [0.29, 0.717) is 5.92 Å². The van der Waals surface area contributed by atoms with Gasteiger partial charge in [0.1, 0.15) is 0 Å². The van der Waals surface area contributed by atoms with Gasteiger partial charge in [-0.3, -0.25) is 4.79 Å². The first-order chi connectivity index (χ1) is 14.0. The fourth-order valence-electron chi connectivity index (χ4n) is 3.08. The highest BCUT2D eigenvalue weighted by molar-refractivity contribution is 5.95. The zero-order valence-electron chi connectivity index (χ0n) is 17.1. The Morgan fingerprint density at radius 1 is 1.00 bits per heavy atom. The molecule has 0 saturated heterocycles. The standard InChI is InChI=1S/C25H27N3O/c1-18(2)21-13-11-20(12-14-21)15-19(3)16-27-28-25(29)17-26-24-10-6-8-22-7-4-5-9-23(22)24/h4-16,18,26H,17H2,1-3H3,(H,28,29). The first-order valence-electron chi connectivity index (χ1n) is 9.85. The van der Waals surface area contributed by atoms with E-state index in [4.69, 9.17) is 0 Å². The van der Waals surface area contributed by atoms with Crippen LogP contribution in [0.3, 0.4) is 0 Å². The Morgan fingerprint density at radius 3 is 2.48 bits per heavy atom. The molecule has 0 aromatic heterocycles. The van der Waals surface area contributed by atoms with Gasteiger partial charge in [-0.05, 0) is 41.0 Å². The van der Waals surface area contributed by atoms with E-state index in [1.165, 1.54) is 5.56 Å². The molecule has 148 valence electrons. The number of fused-ring (bicyclic) bond motifs is 1. The fraction of sp³-hybridized carbons (Fsp3) is 0.200. The van der Waals surface area contributed by atoms with Gasteiger partial charge in [0.05, 0.1) is 12.8 Å². The summed E-state index contributed by atoms with van der Waals surface area (Å²) in [5.41, 5.74) is 6.90. The minimum absolute atomic E-state index is 0.158. The second kappa shape index (κ2) is 9.69. The average molecular weight is 386 g/mol. The van der Waals surface area contributed by atoms with Gasteiger partial charge < -0.3 is 5.32 Å². The van der Waals surface area contributed by atoms with Crippen molar-refractivity contribution in [1.82, 2.24) is 5.43 Å².